The van der Waals surface area contributed by atoms with Crippen LogP contribution in [0.1, 0.15) is 12.5 Å². The second-order valence-electron chi connectivity index (χ2n) is 3.17. The molecule has 1 N–H and O–H groups in total. The van der Waals surface area contributed by atoms with Gasteiger partial charge in [0.25, 0.3) is 0 Å². The lowest BCUT2D eigenvalue weighted by molar-refractivity contribution is 0.579. The van der Waals surface area contributed by atoms with Crippen molar-refractivity contribution >= 4 is 34.5 Å². The highest BCUT2D eigenvalue weighted by molar-refractivity contribution is 7.07. The van der Waals surface area contributed by atoms with E-state index in [1.165, 1.54) is 11.1 Å². The number of rotatable bonds is 5. The van der Waals surface area contributed by atoms with Crippen LogP contribution in [0.5, 0.6) is 0 Å². The van der Waals surface area contributed by atoms with Gasteiger partial charge in [-0.3, -0.25) is 0 Å². The summed E-state index contributed by atoms with van der Waals surface area (Å²) in [6.45, 7) is 2.77. The van der Waals surface area contributed by atoms with Gasteiger partial charge in [-0.1, -0.05) is 23.2 Å². The largest absolute Gasteiger partial charge is 0.309 e. The fourth-order valence-electron chi connectivity index (χ4n) is 1.14. The van der Waals surface area contributed by atoms with Crippen LogP contribution >= 0.6 is 34.5 Å². The number of halogens is 2. The fourth-order valence-corrected chi connectivity index (χ4v) is 1.98. The highest BCUT2D eigenvalue weighted by Gasteiger charge is 2.03. The first kappa shape index (κ1) is 12.1. The molecule has 0 radical (unpaired) electrons. The quantitative estimate of drug-likeness (QED) is 0.842. The highest BCUT2D eigenvalue weighted by atomic mass is 35.5. The molecule has 0 aliphatic heterocycles. The van der Waals surface area contributed by atoms with E-state index in [1.54, 1.807) is 11.3 Å². The highest BCUT2D eigenvalue weighted by Crippen LogP contribution is 2.09. The predicted octanol–water partition coefficient (Wildman–Crippen LogP) is 3.59. The van der Waals surface area contributed by atoms with E-state index >= 15 is 0 Å². The maximum atomic E-state index is 5.76. The molecule has 1 atom stereocenters. The van der Waals surface area contributed by atoms with E-state index in [2.05, 4.69) is 29.1 Å². The SMILES string of the molecule is CC(Cc1ccsc1)NCC(Cl)=CCl. The third-order valence-electron chi connectivity index (χ3n) is 1.86. The van der Waals surface area contributed by atoms with Crippen molar-refractivity contribution in [3.63, 3.8) is 0 Å². The van der Waals surface area contributed by atoms with Crippen LogP contribution in [-0.4, -0.2) is 12.6 Å². The molecule has 0 amide bonds. The molecule has 78 valence electrons. The van der Waals surface area contributed by atoms with Gasteiger partial charge in [-0.25, -0.2) is 0 Å². The Morgan fingerprint density at radius 2 is 2.50 bits per heavy atom. The maximum absolute atomic E-state index is 5.76. The van der Waals surface area contributed by atoms with Gasteiger partial charge < -0.3 is 5.32 Å². The van der Waals surface area contributed by atoms with E-state index in [1.807, 2.05) is 0 Å². The summed E-state index contributed by atoms with van der Waals surface area (Å²) in [6, 6.07) is 2.55. The van der Waals surface area contributed by atoms with Gasteiger partial charge in [0.2, 0.25) is 0 Å². The average Bonchev–Trinajstić information content (AvgIpc) is 2.66. The van der Waals surface area contributed by atoms with Crippen LogP contribution in [0.25, 0.3) is 0 Å². The Bertz CT molecular complexity index is 282. The summed E-state index contributed by atoms with van der Waals surface area (Å²) in [6.07, 6.45) is 1.02. The van der Waals surface area contributed by atoms with Gasteiger partial charge in [0.1, 0.15) is 0 Å². The first-order chi connectivity index (χ1) is 6.72. The Labute approximate surface area is 98.7 Å². The monoisotopic (exact) mass is 249 g/mol. The van der Waals surface area contributed by atoms with Crippen LogP contribution in [0.3, 0.4) is 0 Å². The second-order valence-corrected chi connectivity index (χ2v) is 4.66. The summed E-state index contributed by atoms with van der Waals surface area (Å²) in [5, 5.41) is 8.19. The molecule has 0 aromatic carbocycles. The van der Waals surface area contributed by atoms with Crippen molar-refractivity contribution in [2.24, 2.45) is 0 Å². The predicted molar refractivity (Wildman–Crippen MR) is 65.3 cm³/mol. The van der Waals surface area contributed by atoms with Crippen molar-refractivity contribution < 1.29 is 0 Å². The average molecular weight is 250 g/mol. The summed E-state index contributed by atoms with van der Waals surface area (Å²) in [5.41, 5.74) is 2.76. The molecule has 0 aliphatic rings. The molecule has 0 fully saturated rings. The molecule has 1 heterocycles. The molecule has 0 bridgehead atoms. The summed E-state index contributed by atoms with van der Waals surface area (Å²) >= 11 is 12.9. The third kappa shape index (κ3) is 4.47. The first-order valence-electron chi connectivity index (χ1n) is 4.41. The summed E-state index contributed by atoms with van der Waals surface area (Å²) in [5.74, 6) is 0. The second kappa shape index (κ2) is 6.46. The van der Waals surface area contributed by atoms with Crippen LogP contribution in [0.15, 0.2) is 27.4 Å². The van der Waals surface area contributed by atoms with Gasteiger partial charge in [-0.15, -0.1) is 0 Å². The Morgan fingerprint density at radius 1 is 1.71 bits per heavy atom. The number of nitrogens with one attached hydrogen (secondary N) is 1. The van der Waals surface area contributed by atoms with Gasteiger partial charge in [-0.05, 0) is 35.7 Å². The Hall–Kier alpha value is -0.0200. The molecule has 1 rings (SSSR count). The number of hydrogen-bond acceptors (Lipinski definition) is 2. The topological polar surface area (TPSA) is 12.0 Å². The molecule has 4 heteroatoms. The van der Waals surface area contributed by atoms with Crippen LogP contribution in [0.4, 0.5) is 0 Å². The van der Waals surface area contributed by atoms with Crippen LogP contribution < -0.4 is 5.32 Å². The summed E-state index contributed by atoms with van der Waals surface area (Å²) < 4.78 is 0. The molecular formula is C10H13Cl2NS. The maximum Gasteiger partial charge on any atom is 0.0431 e. The molecule has 1 unspecified atom stereocenters. The lowest BCUT2D eigenvalue weighted by atomic mass is 10.1. The molecule has 1 aromatic rings. The van der Waals surface area contributed by atoms with Crippen LogP contribution in [0, 0.1) is 0 Å². The van der Waals surface area contributed by atoms with E-state index in [-0.39, 0.29) is 0 Å². The standard InChI is InChI=1S/C10H13Cl2NS/c1-8(13-6-10(12)5-11)4-9-2-3-14-7-9/h2-3,5,7-8,13H,4,6H2,1H3. The normalized spacial score (nSPS) is 14.4. The van der Waals surface area contributed by atoms with Gasteiger partial charge in [0, 0.05) is 23.2 Å². The zero-order valence-corrected chi connectivity index (χ0v) is 10.3. The Morgan fingerprint density at radius 3 is 3.07 bits per heavy atom. The van der Waals surface area contributed by atoms with Gasteiger partial charge in [0.15, 0.2) is 0 Å². The van der Waals surface area contributed by atoms with E-state index in [4.69, 9.17) is 23.2 Å². The zero-order valence-electron chi connectivity index (χ0n) is 7.97. The van der Waals surface area contributed by atoms with E-state index < -0.39 is 0 Å². The Kier molecular flexibility index (Phi) is 5.56. The van der Waals surface area contributed by atoms with E-state index in [0.717, 1.165) is 6.42 Å². The van der Waals surface area contributed by atoms with E-state index in [0.29, 0.717) is 17.6 Å². The number of thiophene rings is 1. The Balaban J connectivity index is 2.26. The smallest absolute Gasteiger partial charge is 0.0431 e. The van der Waals surface area contributed by atoms with Crippen molar-refractivity contribution in [1.82, 2.24) is 5.32 Å². The molecule has 1 nitrogen and oxygen atoms in total. The third-order valence-corrected chi connectivity index (χ3v) is 3.21. The van der Waals surface area contributed by atoms with Gasteiger partial charge in [-0.2, -0.15) is 11.3 Å². The first-order valence-corrected chi connectivity index (χ1v) is 6.17. The van der Waals surface area contributed by atoms with Gasteiger partial charge >= 0.3 is 0 Å². The lowest BCUT2D eigenvalue weighted by Gasteiger charge is -2.11. The van der Waals surface area contributed by atoms with Crippen molar-refractivity contribution in [2.75, 3.05) is 6.54 Å². The molecule has 0 spiro atoms. The van der Waals surface area contributed by atoms with Crippen molar-refractivity contribution in [3.05, 3.63) is 33.0 Å². The molecule has 14 heavy (non-hydrogen) atoms. The zero-order chi connectivity index (χ0) is 10.4. The van der Waals surface area contributed by atoms with Crippen molar-refractivity contribution in [1.29, 1.82) is 0 Å². The molecule has 0 saturated carbocycles. The summed E-state index contributed by atoms with van der Waals surface area (Å²) in [4.78, 5) is 0. The van der Waals surface area contributed by atoms with Gasteiger partial charge in [0.05, 0.1) is 0 Å². The molecule has 1 aromatic heterocycles. The van der Waals surface area contributed by atoms with E-state index in [9.17, 15) is 0 Å². The van der Waals surface area contributed by atoms with Crippen molar-refractivity contribution in [2.45, 2.75) is 19.4 Å². The molecular weight excluding hydrogens is 237 g/mol. The minimum Gasteiger partial charge on any atom is -0.309 e. The number of hydrogen-bond donors (Lipinski definition) is 1. The molecule has 0 aliphatic carbocycles. The van der Waals surface area contributed by atoms with Crippen LogP contribution in [-0.2, 0) is 6.42 Å². The molecule has 0 saturated heterocycles. The summed E-state index contributed by atoms with van der Waals surface area (Å²) in [7, 11) is 0. The lowest BCUT2D eigenvalue weighted by Crippen LogP contribution is -2.28. The minimum atomic E-state index is 0.412. The van der Waals surface area contributed by atoms with Crippen molar-refractivity contribution in [3.8, 4) is 0 Å². The minimum absolute atomic E-state index is 0.412. The fraction of sp³-hybridized carbons (Fsp3) is 0.400. The van der Waals surface area contributed by atoms with Crippen LogP contribution in [0.2, 0.25) is 0 Å².